The summed E-state index contributed by atoms with van der Waals surface area (Å²) in [6.45, 7) is 12.7. The number of aromatic carboxylic acids is 1. The summed E-state index contributed by atoms with van der Waals surface area (Å²) in [5.41, 5.74) is 0.0828. The van der Waals surface area contributed by atoms with E-state index in [4.69, 9.17) is 0 Å². The van der Waals surface area contributed by atoms with Crippen LogP contribution in [0.1, 0.15) is 88.2 Å². The van der Waals surface area contributed by atoms with Gasteiger partial charge >= 0.3 is 5.97 Å². The van der Waals surface area contributed by atoms with Gasteiger partial charge in [0.05, 0.1) is 10.6 Å². The van der Waals surface area contributed by atoms with Crippen molar-refractivity contribution in [2.45, 2.75) is 85.7 Å². The van der Waals surface area contributed by atoms with E-state index < -0.39 is 12.0 Å². The van der Waals surface area contributed by atoms with Gasteiger partial charge in [-0.25, -0.2) is 4.79 Å². The lowest BCUT2D eigenvalue weighted by Crippen LogP contribution is -2.49. The Morgan fingerprint density at radius 2 is 1.82 bits per heavy atom. The molecule has 0 radical (unpaired) electrons. The predicted molar refractivity (Wildman–Crippen MR) is 131 cm³/mol. The van der Waals surface area contributed by atoms with Crippen LogP contribution < -0.4 is 4.90 Å². The smallest absolute Gasteiger partial charge is 0.348 e. The Hall–Kier alpha value is -2.33. The number of thiophene rings is 1. The maximum absolute atomic E-state index is 13.8. The Labute approximate surface area is 201 Å². The van der Waals surface area contributed by atoms with Gasteiger partial charge in [0.25, 0.3) is 0 Å². The highest BCUT2D eigenvalue weighted by Gasteiger charge is 2.43. The van der Waals surface area contributed by atoms with E-state index in [9.17, 15) is 19.5 Å². The Morgan fingerprint density at radius 1 is 1.18 bits per heavy atom. The second-order valence-electron chi connectivity index (χ2n) is 10.7. The molecule has 0 aromatic carbocycles. The van der Waals surface area contributed by atoms with Gasteiger partial charge in [-0.05, 0) is 78.7 Å². The van der Waals surface area contributed by atoms with Gasteiger partial charge in [-0.15, -0.1) is 11.3 Å². The third-order valence-corrected chi connectivity index (χ3v) is 7.50. The van der Waals surface area contributed by atoms with Gasteiger partial charge in [0, 0.05) is 23.9 Å². The first-order chi connectivity index (χ1) is 15.4. The summed E-state index contributed by atoms with van der Waals surface area (Å²) in [4.78, 5) is 43.3. The highest BCUT2D eigenvalue weighted by Crippen LogP contribution is 2.38. The quantitative estimate of drug-likeness (QED) is 0.611. The van der Waals surface area contributed by atoms with Crippen LogP contribution in [0.3, 0.4) is 0 Å². The number of carboxylic acids is 1. The first-order valence-electron chi connectivity index (χ1n) is 11.9. The minimum absolute atomic E-state index is 0.0321. The third-order valence-electron chi connectivity index (χ3n) is 6.48. The topological polar surface area (TPSA) is 77.9 Å². The molecule has 1 N–H and O–H groups in total. The first kappa shape index (κ1) is 25.3. The minimum atomic E-state index is -1.10. The zero-order valence-corrected chi connectivity index (χ0v) is 21.4. The number of likely N-dealkylation sites (tertiary alicyclic amines) is 1. The fraction of sp³-hybridized carbons (Fsp3) is 0.654. The molecule has 1 atom stereocenters. The van der Waals surface area contributed by atoms with Gasteiger partial charge in [-0.2, -0.15) is 0 Å². The van der Waals surface area contributed by atoms with Gasteiger partial charge in [0.15, 0.2) is 0 Å². The minimum Gasteiger partial charge on any atom is -0.477 e. The average Bonchev–Trinajstić information content (AvgIpc) is 3.31. The van der Waals surface area contributed by atoms with Gasteiger partial charge in [-0.3, -0.25) is 14.5 Å². The molecule has 0 unspecified atom stereocenters. The molecular weight excluding hydrogens is 436 g/mol. The van der Waals surface area contributed by atoms with Crippen molar-refractivity contribution in [3.63, 3.8) is 0 Å². The van der Waals surface area contributed by atoms with E-state index in [0.29, 0.717) is 29.4 Å². The summed E-state index contributed by atoms with van der Waals surface area (Å²) < 4.78 is 0. The number of hydrogen-bond acceptors (Lipinski definition) is 4. The molecule has 1 saturated carbocycles. The number of carboxylic acid groups (broad SMARTS) is 1. The van der Waals surface area contributed by atoms with Crippen molar-refractivity contribution in [2.24, 2.45) is 17.3 Å². The van der Waals surface area contributed by atoms with Crippen molar-refractivity contribution in [3.05, 3.63) is 15.8 Å². The SMILES string of the molecule is CC1CCC(C(=O)N(c2cc(C#CC(C)(C)C)sc2C(=O)O)[C@H]2CCN(C(C)C)C2=O)CC1. The lowest BCUT2D eigenvalue weighted by atomic mass is 9.82. The molecule has 1 aromatic heterocycles. The number of rotatable bonds is 5. The molecule has 1 aliphatic carbocycles. The summed E-state index contributed by atoms with van der Waals surface area (Å²) in [5, 5.41) is 9.96. The van der Waals surface area contributed by atoms with Crippen LogP contribution in [-0.4, -0.2) is 46.4 Å². The molecule has 0 bridgehead atoms. The number of anilines is 1. The van der Waals surface area contributed by atoms with E-state index in [0.717, 1.165) is 37.0 Å². The Bertz CT molecular complexity index is 971. The number of nitrogens with zero attached hydrogens (tertiary/aromatic N) is 2. The highest BCUT2D eigenvalue weighted by molar-refractivity contribution is 7.15. The van der Waals surface area contributed by atoms with Crippen molar-refractivity contribution in [2.75, 3.05) is 11.4 Å². The summed E-state index contributed by atoms with van der Waals surface area (Å²) in [5.74, 6) is 5.30. The van der Waals surface area contributed by atoms with Crippen molar-refractivity contribution in [1.29, 1.82) is 0 Å². The third kappa shape index (κ3) is 5.78. The molecule has 0 spiro atoms. The van der Waals surface area contributed by atoms with Crippen molar-refractivity contribution in [3.8, 4) is 11.8 Å². The standard InChI is InChI=1S/C26H36N2O4S/c1-16(2)27-14-12-20(24(27)30)28(23(29)18-9-7-17(3)8-10-18)21-15-19(11-13-26(4,5)6)33-22(21)25(31)32/h15-18,20H,7-10,12,14H2,1-6H3,(H,31,32)/t17?,18?,20-/m0/s1. The molecular formula is C26H36N2O4S. The molecule has 6 nitrogen and oxygen atoms in total. The zero-order valence-electron chi connectivity index (χ0n) is 20.6. The summed E-state index contributed by atoms with van der Waals surface area (Å²) in [7, 11) is 0. The summed E-state index contributed by atoms with van der Waals surface area (Å²) in [6.07, 6.45) is 3.99. The molecule has 33 heavy (non-hydrogen) atoms. The van der Waals surface area contributed by atoms with Crippen LogP contribution in [0.5, 0.6) is 0 Å². The largest absolute Gasteiger partial charge is 0.477 e. The summed E-state index contributed by atoms with van der Waals surface area (Å²) >= 11 is 1.08. The molecule has 2 heterocycles. The van der Waals surface area contributed by atoms with E-state index in [1.54, 1.807) is 11.0 Å². The van der Waals surface area contributed by atoms with Crippen LogP contribution in [0.25, 0.3) is 0 Å². The number of carbonyl (C=O) groups is 3. The molecule has 1 aliphatic heterocycles. The van der Waals surface area contributed by atoms with E-state index >= 15 is 0 Å². The van der Waals surface area contributed by atoms with E-state index in [1.165, 1.54) is 4.90 Å². The molecule has 1 aromatic rings. The molecule has 1 saturated heterocycles. The fourth-order valence-electron chi connectivity index (χ4n) is 4.61. The average molecular weight is 473 g/mol. The van der Waals surface area contributed by atoms with Crippen LogP contribution in [-0.2, 0) is 9.59 Å². The normalized spacial score (nSPS) is 23.4. The van der Waals surface area contributed by atoms with Crippen LogP contribution >= 0.6 is 11.3 Å². The monoisotopic (exact) mass is 472 g/mol. The number of amides is 2. The summed E-state index contributed by atoms with van der Waals surface area (Å²) in [6, 6.07) is 1.06. The van der Waals surface area contributed by atoms with Crippen LogP contribution in [0.15, 0.2) is 6.07 Å². The number of hydrogen-bond donors (Lipinski definition) is 1. The van der Waals surface area contributed by atoms with Crippen molar-refractivity contribution in [1.82, 2.24) is 4.90 Å². The Kier molecular flexibility index (Phi) is 7.58. The molecule has 2 aliphatic rings. The lowest BCUT2D eigenvalue weighted by molar-refractivity contribution is -0.133. The van der Waals surface area contributed by atoms with Crippen LogP contribution in [0, 0.1) is 29.1 Å². The Morgan fingerprint density at radius 3 is 2.33 bits per heavy atom. The second-order valence-corrected chi connectivity index (χ2v) is 11.8. The highest BCUT2D eigenvalue weighted by atomic mass is 32.1. The second kappa shape index (κ2) is 9.89. The maximum Gasteiger partial charge on any atom is 0.348 e. The molecule has 2 amide bonds. The van der Waals surface area contributed by atoms with Crippen LogP contribution in [0.4, 0.5) is 5.69 Å². The molecule has 180 valence electrons. The van der Waals surface area contributed by atoms with Crippen LogP contribution in [0.2, 0.25) is 0 Å². The predicted octanol–water partition coefficient (Wildman–Crippen LogP) is 5.01. The zero-order chi connectivity index (χ0) is 24.5. The van der Waals surface area contributed by atoms with E-state index in [1.807, 2.05) is 34.6 Å². The van der Waals surface area contributed by atoms with Crippen molar-refractivity contribution >= 4 is 34.8 Å². The first-order valence-corrected chi connectivity index (χ1v) is 12.7. The fourth-order valence-corrected chi connectivity index (χ4v) is 5.45. The van der Waals surface area contributed by atoms with Crippen molar-refractivity contribution < 1.29 is 19.5 Å². The molecule has 3 rings (SSSR count). The number of carbonyl (C=O) groups excluding carboxylic acids is 2. The Balaban J connectivity index is 2.06. The molecule has 2 fully saturated rings. The van der Waals surface area contributed by atoms with Gasteiger partial charge in [-0.1, -0.05) is 18.8 Å². The van der Waals surface area contributed by atoms with Gasteiger partial charge < -0.3 is 10.0 Å². The van der Waals surface area contributed by atoms with E-state index in [-0.39, 0.29) is 34.1 Å². The van der Waals surface area contributed by atoms with Gasteiger partial charge in [0.1, 0.15) is 10.9 Å². The lowest BCUT2D eigenvalue weighted by Gasteiger charge is -2.34. The molecule has 7 heteroatoms. The van der Waals surface area contributed by atoms with Gasteiger partial charge in [0.2, 0.25) is 11.8 Å². The van der Waals surface area contributed by atoms with E-state index in [2.05, 4.69) is 18.8 Å². The maximum atomic E-state index is 13.8.